The van der Waals surface area contributed by atoms with Crippen molar-refractivity contribution in [2.24, 2.45) is 5.92 Å². The Kier molecular flexibility index (Phi) is 4.95. The molecule has 0 amide bonds. The molecule has 17 heavy (non-hydrogen) atoms. The fourth-order valence-electron chi connectivity index (χ4n) is 2.29. The summed E-state index contributed by atoms with van der Waals surface area (Å²) in [6.45, 7) is 4.93. The minimum Gasteiger partial charge on any atom is -0.381 e. The summed E-state index contributed by atoms with van der Waals surface area (Å²) in [6.07, 6.45) is 4.01. The predicted octanol–water partition coefficient (Wildman–Crippen LogP) is 2.40. The molecule has 1 aromatic rings. The van der Waals surface area contributed by atoms with Gasteiger partial charge in [-0.05, 0) is 41.0 Å². The average Bonchev–Trinajstić information content (AvgIpc) is 2.85. The Morgan fingerprint density at radius 2 is 2.47 bits per heavy atom. The molecule has 0 saturated carbocycles. The fraction of sp³-hybridized carbons (Fsp3) is 0.615. The van der Waals surface area contributed by atoms with Gasteiger partial charge in [0.05, 0.1) is 6.61 Å². The monoisotopic (exact) mass is 298 g/mol. The van der Waals surface area contributed by atoms with Gasteiger partial charge in [0.2, 0.25) is 0 Å². The lowest BCUT2D eigenvalue weighted by Gasteiger charge is -2.22. The maximum atomic E-state index is 5.47. The molecular weight excluding hydrogens is 280 g/mol. The van der Waals surface area contributed by atoms with Gasteiger partial charge in [-0.2, -0.15) is 0 Å². The molecule has 2 atom stereocenters. The fourth-order valence-corrected chi connectivity index (χ4v) is 2.52. The van der Waals surface area contributed by atoms with E-state index in [1.807, 2.05) is 6.20 Å². The Bertz CT molecular complexity index is 336. The van der Waals surface area contributed by atoms with E-state index >= 15 is 0 Å². The van der Waals surface area contributed by atoms with Gasteiger partial charge in [-0.25, -0.2) is 0 Å². The topological polar surface area (TPSA) is 34.2 Å². The van der Waals surface area contributed by atoms with Crippen LogP contribution in [-0.2, 0) is 11.2 Å². The summed E-state index contributed by atoms with van der Waals surface area (Å²) in [5.41, 5.74) is 1.14. The van der Waals surface area contributed by atoms with Crippen LogP contribution >= 0.6 is 15.9 Å². The zero-order valence-corrected chi connectivity index (χ0v) is 11.7. The Balaban J connectivity index is 1.98. The van der Waals surface area contributed by atoms with Crippen LogP contribution in [0.3, 0.4) is 0 Å². The summed E-state index contributed by atoms with van der Waals surface area (Å²) in [5.74, 6) is 0.625. The number of hydrogen-bond acceptors (Lipinski definition) is 3. The summed E-state index contributed by atoms with van der Waals surface area (Å²) in [6, 6.07) is 4.62. The predicted molar refractivity (Wildman–Crippen MR) is 72.0 cm³/mol. The van der Waals surface area contributed by atoms with Gasteiger partial charge in [-0.15, -0.1) is 0 Å². The van der Waals surface area contributed by atoms with Crippen molar-refractivity contribution < 1.29 is 4.74 Å². The van der Waals surface area contributed by atoms with E-state index in [1.165, 1.54) is 0 Å². The molecule has 0 bridgehead atoms. The van der Waals surface area contributed by atoms with Crippen LogP contribution in [0, 0.1) is 5.92 Å². The number of pyridine rings is 1. The quantitative estimate of drug-likeness (QED) is 0.906. The number of ether oxygens (including phenoxy) is 1. The molecule has 1 fully saturated rings. The SMILES string of the molecule is CCNC(Cc1ccc(Br)cn1)C1CCOC1. The first-order valence-electron chi connectivity index (χ1n) is 6.21. The number of nitrogens with zero attached hydrogens (tertiary/aromatic N) is 1. The Morgan fingerprint density at radius 3 is 3.06 bits per heavy atom. The Morgan fingerprint density at radius 1 is 1.59 bits per heavy atom. The van der Waals surface area contributed by atoms with E-state index in [4.69, 9.17) is 4.74 Å². The number of aromatic nitrogens is 1. The van der Waals surface area contributed by atoms with Crippen LogP contribution in [0.5, 0.6) is 0 Å². The lowest BCUT2D eigenvalue weighted by atomic mass is 9.94. The molecule has 0 radical (unpaired) electrons. The highest BCUT2D eigenvalue weighted by atomic mass is 79.9. The highest BCUT2D eigenvalue weighted by Crippen LogP contribution is 2.19. The molecule has 4 heteroatoms. The lowest BCUT2D eigenvalue weighted by molar-refractivity contribution is 0.176. The van der Waals surface area contributed by atoms with Gasteiger partial charge in [-0.1, -0.05) is 6.92 Å². The van der Waals surface area contributed by atoms with Crippen LogP contribution in [0.1, 0.15) is 19.0 Å². The second-order valence-electron chi connectivity index (χ2n) is 4.46. The minimum atomic E-state index is 0.483. The first-order valence-corrected chi connectivity index (χ1v) is 7.00. The molecule has 2 heterocycles. The molecule has 0 aliphatic carbocycles. The number of likely N-dealkylation sites (N-methyl/N-ethyl adjacent to an activating group) is 1. The first-order chi connectivity index (χ1) is 8.29. The molecule has 1 aliphatic heterocycles. The Hall–Kier alpha value is -0.450. The molecule has 2 unspecified atom stereocenters. The molecule has 94 valence electrons. The van der Waals surface area contributed by atoms with E-state index in [0.717, 1.165) is 42.8 Å². The van der Waals surface area contributed by atoms with Crippen molar-refractivity contribution in [3.8, 4) is 0 Å². The molecule has 2 rings (SSSR count). The van der Waals surface area contributed by atoms with E-state index in [1.54, 1.807) is 0 Å². The van der Waals surface area contributed by atoms with Gasteiger partial charge in [0.15, 0.2) is 0 Å². The van der Waals surface area contributed by atoms with Crippen molar-refractivity contribution in [1.29, 1.82) is 0 Å². The summed E-state index contributed by atoms with van der Waals surface area (Å²) in [5, 5.41) is 3.56. The van der Waals surface area contributed by atoms with Gasteiger partial charge in [0.25, 0.3) is 0 Å². The molecule has 1 saturated heterocycles. The average molecular weight is 299 g/mol. The van der Waals surface area contributed by atoms with E-state index in [9.17, 15) is 0 Å². The second-order valence-corrected chi connectivity index (χ2v) is 5.38. The minimum absolute atomic E-state index is 0.483. The smallest absolute Gasteiger partial charge is 0.0510 e. The summed E-state index contributed by atoms with van der Waals surface area (Å²) < 4.78 is 6.51. The maximum absolute atomic E-state index is 5.47. The summed E-state index contributed by atoms with van der Waals surface area (Å²) in [7, 11) is 0. The van der Waals surface area contributed by atoms with Crippen molar-refractivity contribution >= 4 is 15.9 Å². The van der Waals surface area contributed by atoms with E-state index in [0.29, 0.717) is 12.0 Å². The highest BCUT2D eigenvalue weighted by molar-refractivity contribution is 9.10. The van der Waals surface area contributed by atoms with Gasteiger partial charge in [0.1, 0.15) is 0 Å². The van der Waals surface area contributed by atoms with Gasteiger partial charge >= 0.3 is 0 Å². The first kappa shape index (κ1) is 13.0. The van der Waals surface area contributed by atoms with E-state index in [2.05, 4.69) is 45.3 Å². The van der Waals surface area contributed by atoms with Crippen molar-refractivity contribution in [2.75, 3.05) is 19.8 Å². The molecule has 1 N–H and O–H groups in total. The molecule has 0 aromatic carbocycles. The van der Waals surface area contributed by atoms with Crippen LogP contribution < -0.4 is 5.32 Å². The normalized spacial score (nSPS) is 21.6. The van der Waals surface area contributed by atoms with Crippen LogP contribution in [-0.4, -0.2) is 30.8 Å². The lowest BCUT2D eigenvalue weighted by Crippen LogP contribution is -2.38. The molecule has 0 spiro atoms. The summed E-state index contributed by atoms with van der Waals surface area (Å²) in [4.78, 5) is 4.44. The van der Waals surface area contributed by atoms with Crippen LogP contribution in [0.25, 0.3) is 0 Å². The zero-order chi connectivity index (χ0) is 12.1. The van der Waals surface area contributed by atoms with Crippen molar-refractivity contribution in [2.45, 2.75) is 25.8 Å². The van der Waals surface area contributed by atoms with E-state index in [-0.39, 0.29) is 0 Å². The number of rotatable bonds is 5. The number of halogens is 1. The van der Waals surface area contributed by atoms with Crippen molar-refractivity contribution in [1.82, 2.24) is 10.3 Å². The largest absolute Gasteiger partial charge is 0.381 e. The zero-order valence-electron chi connectivity index (χ0n) is 10.2. The van der Waals surface area contributed by atoms with Crippen LogP contribution in [0.4, 0.5) is 0 Å². The molecule has 3 nitrogen and oxygen atoms in total. The van der Waals surface area contributed by atoms with E-state index < -0.39 is 0 Å². The molecule has 1 aliphatic rings. The van der Waals surface area contributed by atoms with Crippen LogP contribution in [0.2, 0.25) is 0 Å². The third kappa shape index (κ3) is 3.76. The van der Waals surface area contributed by atoms with Gasteiger partial charge in [0, 0.05) is 41.4 Å². The summed E-state index contributed by atoms with van der Waals surface area (Å²) >= 11 is 3.41. The maximum Gasteiger partial charge on any atom is 0.0510 e. The van der Waals surface area contributed by atoms with Crippen LogP contribution in [0.15, 0.2) is 22.8 Å². The highest BCUT2D eigenvalue weighted by Gasteiger charge is 2.25. The third-order valence-electron chi connectivity index (χ3n) is 3.22. The third-order valence-corrected chi connectivity index (χ3v) is 3.69. The standard InChI is InChI=1S/C13H19BrN2O/c1-2-15-13(10-5-6-17-9-10)7-12-4-3-11(14)8-16-12/h3-4,8,10,13,15H,2,5-7,9H2,1H3. The van der Waals surface area contributed by atoms with Gasteiger partial charge < -0.3 is 10.1 Å². The number of nitrogens with one attached hydrogen (secondary N) is 1. The van der Waals surface area contributed by atoms with Crippen molar-refractivity contribution in [3.05, 3.63) is 28.5 Å². The molecular formula is C13H19BrN2O. The Labute approximate surface area is 111 Å². The second kappa shape index (κ2) is 6.47. The van der Waals surface area contributed by atoms with Gasteiger partial charge in [-0.3, -0.25) is 4.98 Å². The van der Waals surface area contributed by atoms with Crippen molar-refractivity contribution in [3.63, 3.8) is 0 Å². The number of hydrogen-bond donors (Lipinski definition) is 1. The molecule has 1 aromatic heterocycles.